The molecule has 0 saturated heterocycles. The van der Waals surface area contributed by atoms with Crippen molar-refractivity contribution in [1.82, 2.24) is 4.98 Å². The lowest BCUT2D eigenvalue weighted by atomic mass is 10.1. The normalized spacial score (nSPS) is 10.6. The molecule has 0 aliphatic carbocycles. The number of aryl methyl sites for hydroxylation is 1. The van der Waals surface area contributed by atoms with Gasteiger partial charge in [0.05, 0.1) is 11.8 Å². The SMILES string of the molecule is Cc1nc(N)c(F)c(OC(C)C)c1C(=O)O. The van der Waals surface area contributed by atoms with E-state index < -0.39 is 11.8 Å². The number of nitrogen functional groups attached to an aromatic ring is 1. The number of pyridine rings is 1. The van der Waals surface area contributed by atoms with Crippen molar-refractivity contribution in [2.45, 2.75) is 26.9 Å². The maximum atomic E-state index is 13.6. The largest absolute Gasteiger partial charge is 0.487 e. The van der Waals surface area contributed by atoms with Crippen molar-refractivity contribution in [3.8, 4) is 5.75 Å². The number of carbonyl (C=O) groups is 1. The van der Waals surface area contributed by atoms with E-state index in [1.165, 1.54) is 6.92 Å². The molecule has 0 atom stereocenters. The molecule has 0 amide bonds. The fraction of sp³-hybridized carbons (Fsp3) is 0.400. The Balaban J connectivity index is 3.45. The highest BCUT2D eigenvalue weighted by Gasteiger charge is 2.23. The number of anilines is 1. The minimum atomic E-state index is -1.29. The third-order valence-electron chi connectivity index (χ3n) is 1.87. The van der Waals surface area contributed by atoms with Crippen molar-refractivity contribution in [2.75, 3.05) is 5.73 Å². The standard InChI is InChI=1S/C10H13FN2O3/c1-4(2)16-8-6(10(14)15)5(3)13-9(12)7(8)11/h4H,1-3H3,(H2,12,13)(H,14,15). The molecule has 1 aromatic heterocycles. The van der Waals surface area contributed by atoms with Crippen molar-refractivity contribution in [3.63, 3.8) is 0 Å². The van der Waals surface area contributed by atoms with Crippen LogP contribution >= 0.6 is 0 Å². The van der Waals surface area contributed by atoms with E-state index in [-0.39, 0.29) is 28.9 Å². The zero-order valence-corrected chi connectivity index (χ0v) is 9.24. The number of nitrogens with zero attached hydrogens (tertiary/aromatic N) is 1. The van der Waals surface area contributed by atoms with Gasteiger partial charge in [-0.2, -0.15) is 4.39 Å². The fourth-order valence-electron chi connectivity index (χ4n) is 1.27. The highest BCUT2D eigenvalue weighted by molar-refractivity contribution is 5.92. The van der Waals surface area contributed by atoms with Gasteiger partial charge in [-0.1, -0.05) is 0 Å². The maximum absolute atomic E-state index is 13.6. The molecule has 0 unspecified atom stereocenters. The minimum Gasteiger partial charge on any atom is -0.487 e. The first-order valence-corrected chi connectivity index (χ1v) is 4.70. The molecule has 0 radical (unpaired) electrons. The summed E-state index contributed by atoms with van der Waals surface area (Å²) in [6.45, 7) is 4.76. The second kappa shape index (κ2) is 4.34. The molecular formula is C10H13FN2O3. The third kappa shape index (κ3) is 2.21. The monoisotopic (exact) mass is 228 g/mol. The van der Waals surface area contributed by atoms with Crippen molar-refractivity contribution in [3.05, 3.63) is 17.1 Å². The first kappa shape index (κ1) is 12.2. The fourth-order valence-corrected chi connectivity index (χ4v) is 1.27. The number of carboxylic acid groups (broad SMARTS) is 1. The molecule has 1 heterocycles. The number of aromatic carboxylic acids is 1. The molecule has 0 bridgehead atoms. The second-order valence-electron chi connectivity index (χ2n) is 3.57. The number of aromatic nitrogens is 1. The summed E-state index contributed by atoms with van der Waals surface area (Å²) in [4.78, 5) is 14.6. The first-order valence-electron chi connectivity index (χ1n) is 4.70. The van der Waals surface area contributed by atoms with Crippen molar-refractivity contribution in [2.24, 2.45) is 0 Å². The Kier molecular flexibility index (Phi) is 3.31. The Bertz CT molecular complexity index is 433. The number of nitrogens with two attached hydrogens (primary N) is 1. The van der Waals surface area contributed by atoms with Gasteiger partial charge in [0.2, 0.25) is 5.82 Å². The zero-order valence-electron chi connectivity index (χ0n) is 9.24. The van der Waals surface area contributed by atoms with Gasteiger partial charge in [-0.25, -0.2) is 9.78 Å². The Morgan fingerprint density at radius 3 is 2.56 bits per heavy atom. The van der Waals surface area contributed by atoms with Gasteiger partial charge in [-0.15, -0.1) is 0 Å². The topological polar surface area (TPSA) is 85.4 Å². The number of rotatable bonds is 3. The zero-order chi connectivity index (χ0) is 12.5. The van der Waals surface area contributed by atoms with E-state index in [1.54, 1.807) is 13.8 Å². The van der Waals surface area contributed by atoms with Crippen LogP contribution in [-0.4, -0.2) is 22.2 Å². The number of hydrogen-bond acceptors (Lipinski definition) is 4. The molecule has 16 heavy (non-hydrogen) atoms. The molecule has 0 spiro atoms. The molecule has 0 aromatic carbocycles. The van der Waals surface area contributed by atoms with Gasteiger partial charge in [0.15, 0.2) is 11.6 Å². The summed E-state index contributed by atoms with van der Waals surface area (Å²) in [6.07, 6.45) is -0.353. The van der Waals surface area contributed by atoms with Gasteiger partial charge in [-0.05, 0) is 20.8 Å². The van der Waals surface area contributed by atoms with Crippen LogP contribution in [0, 0.1) is 12.7 Å². The number of hydrogen-bond donors (Lipinski definition) is 2. The molecule has 1 rings (SSSR count). The summed E-state index contributed by atoms with van der Waals surface area (Å²) in [5.74, 6) is -2.94. The molecule has 5 nitrogen and oxygen atoms in total. The van der Waals surface area contributed by atoms with Crippen LogP contribution in [0.25, 0.3) is 0 Å². The van der Waals surface area contributed by atoms with Gasteiger partial charge in [0, 0.05) is 0 Å². The summed E-state index contributed by atoms with van der Waals surface area (Å²) in [5, 5.41) is 8.95. The van der Waals surface area contributed by atoms with E-state index in [4.69, 9.17) is 15.6 Å². The molecule has 0 fully saturated rings. The highest BCUT2D eigenvalue weighted by Crippen LogP contribution is 2.29. The van der Waals surface area contributed by atoms with E-state index in [2.05, 4.69) is 4.98 Å². The second-order valence-corrected chi connectivity index (χ2v) is 3.57. The smallest absolute Gasteiger partial charge is 0.341 e. The molecule has 0 aliphatic rings. The molecule has 1 aromatic rings. The molecule has 3 N–H and O–H groups in total. The van der Waals surface area contributed by atoms with Gasteiger partial charge >= 0.3 is 5.97 Å². The van der Waals surface area contributed by atoms with Crippen LogP contribution in [0.3, 0.4) is 0 Å². The maximum Gasteiger partial charge on any atom is 0.341 e. The quantitative estimate of drug-likeness (QED) is 0.820. The lowest BCUT2D eigenvalue weighted by Crippen LogP contribution is -2.15. The van der Waals surface area contributed by atoms with Crippen LogP contribution in [0.2, 0.25) is 0 Å². The predicted molar refractivity (Wildman–Crippen MR) is 56.1 cm³/mol. The minimum absolute atomic E-state index is 0.127. The molecule has 88 valence electrons. The van der Waals surface area contributed by atoms with Gasteiger partial charge in [-0.3, -0.25) is 0 Å². The molecular weight excluding hydrogens is 215 g/mol. The first-order chi connectivity index (χ1) is 7.34. The molecule has 0 aliphatic heterocycles. The molecule has 6 heteroatoms. The number of halogens is 1. The number of carboxylic acids is 1. The summed E-state index contributed by atoms with van der Waals surface area (Å²) >= 11 is 0. The Hall–Kier alpha value is -1.85. The van der Waals surface area contributed by atoms with E-state index in [1.807, 2.05) is 0 Å². The Morgan fingerprint density at radius 1 is 1.56 bits per heavy atom. The lowest BCUT2D eigenvalue weighted by Gasteiger charge is -2.15. The van der Waals surface area contributed by atoms with Crippen molar-refractivity contribution in [1.29, 1.82) is 0 Å². The summed E-state index contributed by atoms with van der Waals surface area (Å²) in [7, 11) is 0. The van der Waals surface area contributed by atoms with Crippen molar-refractivity contribution >= 4 is 11.8 Å². The Labute approximate surface area is 92.1 Å². The van der Waals surface area contributed by atoms with Crippen molar-refractivity contribution < 1.29 is 19.0 Å². The van der Waals surface area contributed by atoms with E-state index >= 15 is 0 Å². The highest BCUT2D eigenvalue weighted by atomic mass is 19.1. The van der Waals surface area contributed by atoms with Gasteiger partial charge in [0.1, 0.15) is 5.56 Å². The third-order valence-corrected chi connectivity index (χ3v) is 1.87. The van der Waals surface area contributed by atoms with E-state index in [0.29, 0.717) is 0 Å². The van der Waals surface area contributed by atoms with Gasteiger partial charge in [0.25, 0.3) is 0 Å². The van der Waals surface area contributed by atoms with Crippen LogP contribution in [0.4, 0.5) is 10.2 Å². The van der Waals surface area contributed by atoms with Crippen LogP contribution < -0.4 is 10.5 Å². The van der Waals surface area contributed by atoms with Gasteiger partial charge < -0.3 is 15.6 Å². The van der Waals surface area contributed by atoms with Crippen LogP contribution in [0.15, 0.2) is 0 Å². The average molecular weight is 228 g/mol. The van der Waals surface area contributed by atoms with E-state index in [0.717, 1.165) is 0 Å². The van der Waals surface area contributed by atoms with Crippen LogP contribution in [0.1, 0.15) is 29.9 Å². The summed E-state index contributed by atoms with van der Waals surface area (Å²) in [5.41, 5.74) is 5.14. The van der Waals surface area contributed by atoms with Crippen LogP contribution in [-0.2, 0) is 0 Å². The lowest BCUT2D eigenvalue weighted by molar-refractivity contribution is 0.0687. The predicted octanol–water partition coefficient (Wildman–Crippen LogP) is 1.60. The summed E-state index contributed by atoms with van der Waals surface area (Å²) < 4.78 is 18.7. The van der Waals surface area contributed by atoms with Crippen LogP contribution in [0.5, 0.6) is 5.75 Å². The number of ether oxygens (including phenoxy) is 1. The summed E-state index contributed by atoms with van der Waals surface area (Å²) in [6, 6.07) is 0. The molecule has 0 saturated carbocycles. The average Bonchev–Trinajstić information content (AvgIpc) is 2.12. The Morgan fingerprint density at radius 2 is 2.12 bits per heavy atom. The van der Waals surface area contributed by atoms with E-state index in [9.17, 15) is 9.18 Å².